The number of hydrogen-bond acceptors (Lipinski definition) is 5. The van der Waals surface area contributed by atoms with Crippen molar-refractivity contribution < 1.29 is 23.8 Å². The number of methoxy groups -OCH3 is 2. The Bertz CT molecular complexity index is 464. The van der Waals surface area contributed by atoms with Crippen LogP contribution in [0.5, 0.6) is 11.5 Å². The van der Waals surface area contributed by atoms with Gasteiger partial charge in [-0.3, -0.25) is 9.59 Å². The smallest absolute Gasteiger partial charge is 0.306 e. The van der Waals surface area contributed by atoms with Crippen LogP contribution in [0.25, 0.3) is 0 Å². The van der Waals surface area contributed by atoms with E-state index in [1.807, 2.05) is 12.1 Å². The number of carbonyl (C=O) groups is 2. The normalized spacial score (nSPS) is 11.6. The van der Waals surface area contributed by atoms with Crippen LogP contribution in [0.4, 0.5) is 0 Å². The molecule has 1 aromatic rings. The second-order valence-corrected chi connectivity index (χ2v) is 4.26. The highest BCUT2D eigenvalue weighted by molar-refractivity contribution is 5.81. The van der Waals surface area contributed by atoms with E-state index < -0.39 is 18.0 Å². The first kappa shape index (κ1) is 15.8. The van der Waals surface area contributed by atoms with Gasteiger partial charge in [0.25, 0.3) is 5.91 Å². The molecule has 0 radical (unpaired) electrons. The van der Waals surface area contributed by atoms with E-state index in [9.17, 15) is 9.59 Å². The van der Waals surface area contributed by atoms with Gasteiger partial charge in [-0.2, -0.15) is 0 Å². The third-order valence-corrected chi connectivity index (χ3v) is 2.74. The molecule has 1 rings (SSSR count). The van der Waals surface area contributed by atoms with Crippen molar-refractivity contribution in [2.75, 3.05) is 14.2 Å². The molecule has 0 aliphatic carbocycles. The van der Waals surface area contributed by atoms with Crippen LogP contribution in [-0.2, 0) is 20.7 Å². The molecule has 6 nitrogen and oxygen atoms in total. The Kier molecular flexibility index (Phi) is 5.83. The monoisotopic (exact) mass is 281 g/mol. The Morgan fingerprint density at radius 2 is 1.70 bits per heavy atom. The molecular formula is C14H19NO5. The van der Waals surface area contributed by atoms with Crippen LogP contribution in [0.15, 0.2) is 18.2 Å². The summed E-state index contributed by atoms with van der Waals surface area (Å²) in [5.74, 6) is 0.163. The fourth-order valence-electron chi connectivity index (χ4n) is 1.57. The zero-order valence-electron chi connectivity index (χ0n) is 11.8. The quantitative estimate of drug-likeness (QED) is 0.755. The van der Waals surface area contributed by atoms with Crippen LogP contribution in [0.1, 0.15) is 18.9 Å². The van der Waals surface area contributed by atoms with E-state index in [-0.39, 0.29) is 6.42 Å². The van der Waals surface area contributed by atoms with Gasteiger partial charge >= 0.3 is 5.97 Å². The summed E-state index contributed by atoms with van der Waals surface area (Å²) >= 11 is 0. The minimum atomic E-state index is -0.914. The maximum absolute atomic E-state index is 11.5. The topological polar surface area (TPSA) is 87.9 Å². The van der Waals surface area contributed by atoms with Gasteiger partial charge < -0.3 is 19.9 Å². The Balaban J connectivity index is 2.60. The molecule has 6 heteroatoms. The van der Waals surface area contributed by atoms with Gasteiger partial charge in [-0.15, -0.1) is 0 Å². The van der Waals surface area contributed by atoms with Crippen LogP contribution in [0.3, 0.4) is 0 Å². The summed E-state index contributed by atoms with van der Waals surface area (Å²) in [7, 11) is 3.11. The van der Waals surface area contributed by atoms with Crippen molar-refractivity contribution in [2.24, 2.45) is 5.73 Å². The molecule has 2 N–H and O–H groups in total. The van der Waals surface area contributed by atoms with Gasteiger partial charge in [-0.1, -0.05) is 0 Å². The first-order valence-corrected chi connectivity index (χ1v) is 6.17. The standard InChI is InChI=1S/C14H19NO5/c1-9(14(15)17)20-13(16)5-4-10-6-11(18-2)8-12(7-10)19-3/h6-9H,4-5H2,1-3H3,(H2,15,17). The lowest BCUT2D eigenvalue weighted by Crippen LogP contribution is -2.30. The first-order chi connectivity index (χ1) is 9.46. The molecule has 0 aliphatic heterocycles. The molecule has 0 bridgehead atoms. The van der Waals surface area contributed by atoms with Crippen LogP contribution in [0.2, 0.25) is 0 Å². The highest BCUT2D eigenvalue weighted by Gasteiger charge is 2.14. The van der Waals surface area contributed by atoms with Gasteiger partial charge in [0, 0.05) is 12.5 Å². The molecule has 0 saturated heterocycles. The number of esters is 1. The van der Waals surface area contributed by atoms with Gasteiger partial charge in [0.2, 0.25) is 0 Å². The number of aryl methyl sites for hydroxylation is 1. The molecule has 1 unspecified atom stereocenters. The van der Waals surface area contributed by atoms with Crippen molar-refractivity contribution in [2.45, 2.75) is 25.9 Å². The summed E-state index contributed by atoms with van der Waals surface area (Å²) in [6.45, 7) is 1.44. The minimum Gasteiger partial charge on any atom is -0.497 e. The largest absolute Gasteiger partial charge is 0.497 e. The second-order valence-electron chi connectivity index (χ2n) is 4.26. The van der Waals surface area contributed by atoms with Crippen LogP contribution in [0, 0.1) is 0 Å². The van der Waals surface area contributed by atoms with Gasteiger partial charge in [0.15, 0.2) is 6.10 Å². The van der Waals surface area contributed by atoms with Crippen molar-refractivity contribution in [3.8, 4) is 11.5 Å². The van der Waals surface area contributed by atoms with Gasteiger partial charge in [0.1, 0.15) is 11.5 Å². The SMILES string of the molecule is COc1cc(CCC(=O)OC(C)C(N)=O)cc(OC)c1. The number of primary amides is 1. The Labute approximate surface area is 117 Å². The lowest BCUT2D eigenvalue weighted by Gasteiger charge is -2.10. The van der Waals surface area contributed by atoms with E-state index in [1.54, 1.807) is 20.3 Å². The lowest BCUT2D eigenvalue weighted by atomic mass is 10.1. The maximum atomic E-state index is 11.5. The fraction of sp³-hybridized carbons (Fsp3) is 0.429. The van der Waals surface area contributed by atoms with E-state index in [0.717, 1.165) is 5.56 Å². The van der Waals surface area contributed by atoms with Crippen molar-refractivity contribution in [3.05, 3.63) is 23.8 Å². The zero-order chi connectivity index (χ0) is 15.1. The fourth-order valence-corrected chi connectivity index (χ4v) is 1.57. The average molecular weight is 281 g/mol. The molecule has 0 aliphatic rings. The Morgan fingerprint density at radius 3 is 2.15 bits per heavy atom. The van der Waals surface area contributed by atoms with Gasteiger partial charge in [0.05, 0.1) is 14.2 Å². The van der Waals surface area contributed by atoms with Crippen LogP contribution >= 0.6 is 0 Å². The molecule has 1 atom stereocenters. The molecular weight excluding hydrogens is 262 g/mol. The van der Waals surface area contributed by atoms with Crippen molar-refractivity contribution >= 4 is 11.9 Å². The molecule has 0 spiro atoms. The minimum absolute atomic E-state index is 0.147. The van der Waals surface area contributed by atoms with Crippen LogP contribution in [-0.4, -0.2) is 32.2 Å². The highest BCUT2D eigenvalue weighted by atomic mass is 16.5. The molecule has 0 fully saturated rings. The third kappa shape index (κ3) is 4.79. The molecule has 0 heterocycles. The van der Waals surface area contributed by atoms with E-state index in [4.69, 9.17) is 19.9 Å². The molecule has 1 amide bonds. The predicted molar refractivity (Wildman–Crippen MR) is 72.6 cm³/mol. The maximum Gasteiger partial charge on any atom is 0.306 e. The van der Waals surface area contributed by atoms with Gasteiger partial charge in [-0.05, 0) is 31.0 Å². The molecule has 1 aromatic carbocycles. The van der Waals surface area contributed by atoms with E-state index in [2.05, 4.69) is 0 Å². The molecule has 0 saturated carbocycles. The summed E-state index contributed by atoms with van der Waals surface area (Å²) < 4.78 is 15.2. The summed E-state index contributed by atoms with van der Waals surface area (Å²) in [5, 5.41) is 0. The van der Waals surface area contributed by atoms with Crippen molar-refractivity contribution in [1.29, 1.82) is 0 Å². The average Bonchev–Trinajstić information content (AvgIpc) is 2.44. The summed E-state index contributed by atoms with van der Waals surface area (Å²) in [6.07, 6.45) is -0.312. The molecule has 110 valence electrons. The highest BCUT2D eigenvalue weighted by Crippen LogP contribution is 2.23. The number of nitrogens with two attached hydrogens (primary N) is 1. The number of carbonyl (C=O) groups excluding carboxylic acids is 2. The lowest BCUT2D eigenvalue weighted by molar-refractivity contribution is -0.153. The third-order valence-electron chi connectivity index (χ3n) is 2.74. The molecule has 20 heavy (non-hydrogen) atoms. The number of hydrogen-bond donors (Lipinski definition) is 1. The summed E-state index contributed by atoms with van der Waals surface area (Å²) in [4.78, 5) is 22.3. The summed E-state index contributed by atoms with van der Waals surface area (Å²) in [6, 6.07) is 5.37. The zero-order valence-corrected chi connectivity index (χ0v) is 11.8. The van der Waals surface area contributed by atoms with Gasteiger partial charge in [-0.25, -0.2) is 0 Å². The second kappa shape index (κ2) is 7.37. The Morgan fingerprint density at radius 1 is 1.15 bits per heavy atom. The predicted octanol–water partition coefficient (Wildman–Crippen LogP) is 1.05. The van der Waals surface area contributed by atoms with E-state index >= 15 is 0 Å². The summed E-state index contributed by atoms with van der Waals surface area (Å²) in [5.41, 5.74) is 5.90. The van der Waals surface area contributed by atoms with Crippen molar-refractivity contribution in [3.63, 3.8) is 0 Å². The number of benzene rings is 1. The number of rotatable bonds is 7. The van der Waals surface area contributed by atoms with Crippen molar-refractivity contribution in [1.82, 2.24) is 0 Å². The number of amides is 1. The molecule has 0 aromatic heterocycles. The first-order valence-electron chi connectivity index (χ1n) is 6.17. The number of ether oxygens (including phenoxy) is 3. The van der Waals surface area contributed by atoms with E-state index in [1.165, 1.54) is 6.92 Å². The Hall–Kier alpha value is -2.24. The van der Waals surface area contributed by atoms with E-state index in [0.29, 0.717) is 17.9 Å². The van der Waals surface area contributed by atoms with Crippen LogP contribution < -0.4 is 15.2 Å².